The predicted octanol–water partition coefficient (Wildman–Crippen LogP) is 5.17. The number of hydrogen-bond acceptors (Lipinski definition) is 4. The van der Waals surface area contributed by atoms with Gasteiger partial charge in [-0.2, -0.15) is 5.10 Å². The van der Waals surface area contributed by atoms with E-state index in [2.05, 4.69) is 10.1 Å². The van der Waals surface area contributed by atoms with E-state index in [1.807, 2.05) is 54.8 Å². The summed E-state index contributed by atoms with van der Waals surface area (Å²) in [5.41, 5.74) is 4.44. The van der Waals surface area contributed by atoms with Crippen molar-refractivity contribution < 1.29 is 4.39 Å². The first-order chi connectivity index (χ1) is 13.7. The molecule has 4 nitrogen and oxygen atoms in total. The Bertz CT molecular complexity index is 1180. The molecule has 2 aromatic heterocycles. The number of pyridine rings is 1. The number of nitrogens with zero attached hydrogens (tertiary/aromatic N) is 4. The molecule has 0 atom stereocenters. The zero-order valence-electron chi connectivity index (χ0n) is 15.2. The molecule has 0 aliphatic carbocycles. The van der Waals surface area contributed by atoms with E-state index in [1.165, 1.54) is 23.5 Å². The van der Waals surface area contributed by atoms with Gasteiger partial charge in [0.25, 0.3) is 0 Å². The van der Waals surface area contributed by atoms with Crippen molar-refractivity contribution in [3.63, 3.8) is 0 Å². The lowest BCUT2D eigenvalue weighted by Gasteiger charge is -2.04. The van der Waals surface area contributed by atoms with Gasteiger partial charge in [-0.1, -0.05) is 18.2 Å². The average molecular weight is 388 g/mol. The molecule has 6 heteroatoms. The summed E-state index contributed by atoms with van der Waals surface area (Å²) >= 11 is 1.48. The highest BCUT2D eigenvalue weighted by molar-refractivity contribution is 7.07. The van der Waals surface area contributed by atoms with Gasteiger partial charge < -0.3 is 0 Å². The average Bonchev–Trinajstić information content (AvgIpc) is 3.10. The molecule has 4 aromatic rings. The van der Waals surface area contributed by atoms with Crippen LogP contribution in [0.4, 0.5) is 10.1 Å². The van der Waals surface area contributed by atoms with Crippen LogP contribution in [-0.2, 0) is 0 Å². The standard InChI is InChI=1S/C22H17FN4S/c1-16-5-4-7-19(13-16)26-22-27(25-14-20-6-2-3-12-24-20)21(15-28-22)17-8-10-18(23)11-9-17/h2-15H,1H3. The van der Waals surface area contributed by atoms with Crippen molar-refractivity contribution in [2.24, 2.45) is 10.1 Å². The molecule has 0 unspecified atom stereocenters. The Morgan fingerprint density at radius 2 is 1.89 bits per heavy atom. The van der Waals surface area contributed by atoms with Crippen LogP contribution in [0, 0.1) is 12.7 Å². The molecule has 138 valence electrons. The van der Waals surface area contributed by atoms with Gasteiger partial charge in [0, 0.05) is 17.1 Å². The van der Waals surface area contributed by atoms with Crippen LogP contribution in [-0.4, -0.2) is 15.9 Å². The molecule has 0 spiro atoms. The molecule has 28 heavy (non-hydrogen) atoms. The molecule has 0 aliphatic rings. The van der Waals surface area contributed by atoms with Gasteiger partial charge in [-0.3, -0.25) is 4.98 Å². The summed E-state index contributed by atoms with van der Waals surface area (Å²) in [5.74, 6) is -0.271. The third-order valence-corrected chi connectivity index (χ3v) is 4.86. The fourth-order valence-electron chi connectivity index (χ4n) is 2.68. The van der Waals surface area contributed by atoms with Crippen LogP contribution in [0.25, 0.3) is 11.3 Å². The van der Waals surface area contributed by atoms with Crippen molar-refractivity contribution in [1.29, 1.82) is 0 Å². The summed E-state index contributed by atoms with van der Waals surface area (Å²) in [7, 11) is 0. The minimum absolute atomic E-state index is 0.271. The van der Waals surface area contributed by atoms with E-state index in [1.54, 1.807) is 29.2 Å². The second-order valence-electron chi connectivity index (χ2n) is 6.17. The molecule has 0 fully saturated rings. The summed E-state index contributed by atoms with van der Waals surface area (Å²) in [4.78, 5) is 9.75. The number of rotatable bonds is 4. The summed E-state index contributed by atoms with van der Waals surface area (Å²) in [6, 6.07) is 20.0. The first kappa shape index (κ1) is 18.0. The Labute approximate surface area is 166 Å². The predicted molar refractivity (Wildman–Crippen MR) is 111 cm³/mol. The summed E-state index contributed by atoms with van der Waals surface area (Å²) < 4.78 is 15.1. The fourth-order valence-corrected chi connectivity index (χ4v) is 3.54. The molecule has 0 bridgehead atoms. The van der Waals surface area contributed by atoms with Gasteiger partial charge in [-0.05, 0) is 61.0 Å². The molecular weight excluding hydrogens is 371 g/mol. The lowest BCUT2D eigenvalue weighted by atomic mass is 10.2. The van der Waals surface area contributed by atoms with Gasteiger partial charge in [-0.25, -0.2) is 14.1 Å². The summed E-state index contributed by atoms with van der Waals surface area (Å²) in [6.07, 6.45) is 3.41. The Hall–Kier alpha value is -3.38. The molecule has 4 rings (SSSR count). The zero-order valence-corrected chi connectivity index (χ0v) is 16.0. The summed E-state index contributed by atoms with van der Waals surface area (Å²) in [6.45, 7) is 2.03. The second-order valence-corrected chi connectivity index (χ2v) is 7.01. The quantitative estimate of drug-likeness (QED) is 0.445. The van der Waals surface area contributed by atoms with Crippen molar-refractivity contribution in [3.8, 4) is 11.3 Å². The molecule has 2 heterocycles. The third kappa shape index (κ3) is 4.13. The Kier molecular flexibility index (Phi) is 5.21. The number of hydrogen-bond donors (Lipinski definition) is 0. The van der Waals surface area contributed by atoms with Crippen LogP contribution >= 0.6 is 11.3 Å². The van der Waals surface area contributed by atoms with Gasteiger partial charge in [0.15, 0.2) is 0 Å². The van der Waals surface area contributed by atoms with E-state index >= 15 is 0 Å². The van der Waals surface area contributed by atoms with Crippen molar-refractivity contribution in [2.75, 3.05) is 0 Å². The lowest BCUT2D eigenvalue weighted by molar-refractivity contribution is 0.628. The van der Waals surface area contributed by atoms with Crippen molar-refractivity contribution in [2.45, 2.75) is 6.92 Å². The molecule has 0 saturated heterocycles. The second kappa shape index (κ2) is 8.10. The number of aryl methyl sites for hydroxylation is 1. The largest absolute Gasteiger partial charge is 0.255 e. The van der Waals surface area contributed by atoms with Crippen LogP contribution in [0.15, 0.2) is 88.4 Å². The van der Waals surface area contributed by atoms with Crippen LogP contribution in [0.1, 0.15) is 11.3 Å². The highest BCUT2D eigenvalue weighted by Gasteiger charge is 2.08. The van der Waals surface area contributed by atoms with E-state index < -0.39 is 0 Å². The minimum atomic E-state index is -0.271. The Morgan fingerprint density at radius 1 is 1.04 bits per heavy atom. The molecule has 0 aliphatic heterocycles. The van der Waals surface area contributed by atoms with E-state index in [0.717, 1.165) is 33.0 Å². The molecule has 0 saturated carbocycles. The number of thiazole rings is 1. The van der Waals surface area contributed by atoms with Crippen LogP contribution in [0.3, 0.4) is 0 Å². The van der Waals surface area contributed by atoms with Crippen LogP contribution < -0.4 is 4.80 Å². The van der Waals surface area contributed by atoms with Crippen LogP contribution in [0.5, 0.6) is 0 Å². The third-order valence-electron chi connectivity index (χ3n) is 4.04. The fraction of sp³-hybridized carbons (Fsp3) is 0.0455. The topological polar surface area (TPSA) is 42.5 Å². The minimum Gasteiger partial charge on any atom is -0.255 e. The normalized spacial score (nSPS) is 12.0. The molecule has 0 radical (unpaired) electrons. The van der Waals surface area contributed by atoms with Gasteiger partial charge in [-0.15, -0.1) is 11.3 Å². The van der Waals surface area contributed by atoms with E-state index in [9.17, 15) is 4.39 Å². The highest BCUT2D eigenvalue weighted by atomic mass is 32.1. The van der Waals surface area contributed by atoms with Gasteiger partial charge in [0.05, 0.1) is 23.3 Å². The molecule has 0 amide bonds. The smallest absolute Gasteiger partial charge is 0.211 e. The van der Waals surface area contributed by atoms with Crippen molar-refractivity contribution in [3.05, 3.63) is 100 Å². The Balaban J connectivity index is 1.84. The van der Waals surface area contributed by atoms with Gasteiger partial charge in [0.1, 0.15) is 5.82 Å². The number of aromatic nitrogens is 2. The SMILES string of the molecule is Cc1cccc(N=c2scc(-c3ccc(F)cc3)n2N=Cc2ccccn2)c1. The lowest BCUT2D eigenvalue weighted by Crippen LogP contribution is -2.11. The monoisotopic (exact) mass is 388 g/mol. The van der Waals surface area contributed by atoms with E-state index in [-0.39, 0.29) is 5.82 Å². The maximum Gasteiger partial charge on any atom is 0.211 e. The van der Waals surface area contributed by atoms with Crippen molar-refractivity contribution >= 4 is 23.2 Å². The van der Waals surface area contributed by atoms with Crippen molar-refractivity contribution in [1.82, 2.24) is 9.66 Å². The molecular formula is C22H17FN4S. The van der Waals surface area contributed by atoms with Crippen LogP contribution in [0.2, 0.25) is 0 Å². The maximum absolute atomic E-state index is 13.3. The van der Waals surface area contributed by atoms with E-state index in [0.29, 0.717) is 0 Å². The van der Waals surface area contributed by atoms with E-state index in [4.69, 9.17) is 4.99 Å². The Morgan fingerprint density at radius 3 is 2.64 bits per heavy atom. The first-order valence-corrected chi connectivity index (χ1v) is 9.60. The highest BCUT2D eigenvalue weighted by Crippen LogP contribution is 2.21. The first-order valence-electron chi connectivity index (χ1n) is 8.72. The summed E-state index contributed by atoms with van der Waals surface area (Å²) in [5, 5.41) is 6.58. The number of halogens is 1. The van der Waals surface area contributed by atoms with Gasteiger partial charge >= 0.3 is 0 Å². The molecule has 0 N–H and O–H groups in total. The zero-order chi connectivity index (χ0) is 19.3. The number of benzene rings is 2. The van der Waals surface area contributed by atoms with Gasteiger partial charge in [0.2, 0.25) is 4.80 Å². The molecule has 2 aromatic carbocycles. The maximum atomic E-state index is 13.3.